The number of hydrogen-bond donors (Lipinski definition) is 1. The Morgan fingerprint density at radius 2 is 1.79 bits per heavy atom. The van der Waals surface area contributed by atoms with Crippen LogP contribution in [0.3, 0.4) is 0 Å². The lowest BCUT2D eigenvalue weighted by atomic mass is 10.1. The first-order chi connectivity index (χ1) is 13.4. The molecule has 0 aliphatic carbocycles. The van der Waals surface area contributed by atoms with Crippen molar-refractivity contribution in [1.82, 2.24) is 9.29 Å². The molecule has 5 nitrogen and oxygen atoms in total. The second-order valence-corrected chi connectivity index (χ2v) is 10.8. The summed E-state index contributed by atoms with van der Waals surface area (Å²) in [4.78, 5) is 17.8. The summed E-state index contributed by atoms with van der Waals surface area (Å²) in [6.45, 7) is 5.19. The highest BCUT2D eigenvalue weighted by Gasteiger charge is 2.26. The van der Waals surface area contributed by atoms with E-state index in [-0.39, 0.29) is 4.90 Å². The minimum atomic E-state index is -3.56. The summed E-state index contributed by atoms with van der Waals surface area (Å²) in [5.41, 5.74) is 3.05. The van der Waals surface area contributed by atoms with Gasteiger partial charge in [0.25, 0.3) is 0 Å². The van der Waals surface area contributed by atoms with Crippen LogP contribution >= 0.6 is 11.3 Å². The van der Waals surface area contributed by atoms with Gasteiger partial charge in [0.05, 0.1) is 10.6 Å². The van der Waals surface area contributed by atoms with Crippen molar-refractivity contribution < 1.29 is 13.2 Å². The molecule has 4 rings (SSSR count). The molecular weight excluding hydrogens is 392 g/mol. The van der Waals surface area contributed by atoms with Gasteiger partial charge in [-0.25, -0.2) is 8.42 Å². The van der Waals surface area contributed by atoms with Gasteiger partial charge in [-0.05, 0) is 51.0 Å². The Morgan fingerprint density at radius 1 is 1.07 bits per heavy atom. The molecule has 148 valence electrons. The number of sulfonamides is 1. The van der Waals surface area contributed by atoms with Crippen molar-refractivity contribution in [2.24, 2.45) is 0 Å². The van der Waals surface area contributed by atoms with Gasteiger partial charge in [-0.3, -0.25) is 4.79 Å². The third-order valence-electron chi connectivity index (χ3n) is 5.44. The lowest BCUT2D eigenvalue weighted by molar-refractivity contribution is 0.112. The lowest BCUT2D eigenvalue weighted by Crippen LogP contribution is -2.31. The number of aromatic amines is 1. The zero-order valence-corrected chi connectivity index (χ0v) is 17.8. The van der Waals surface area contributed by atoms with E-state index in [0.717, 1.165) is 53.6 Å². The van der Waals surface area contributed by atoms with Crippen molar-refractivity contribution in [3.05, 3.63) is 39.6 Å². The van der Waals surface area contributed by atoms with Crippen LogP contribution in [0.5, 0.6) is 0 Å². The van der Waals surface area contributed by atoms with Crippen molar-refractivity contribution >= 4 is 38.5 Å². The van der Waals surface area contributed by atoms with Gasteiger partial charge in [0.15, 0.2) is 6.29 Å². The normalized spacial score (nSPS) is 16.4. The summed E-state index contributed by atoms with van der Waals surface area (Å²) in [5, 5.41) is 0.657. The fourth-order valence-electron chi connectivity index (χ4n) is 4.00. The minimum absolute atomic E-state index is 0.258. The number of aldehydes is 1. The standard InChI is InChI=1S/C21H24N2O3S2/c1-14-11-17(15(2)27-14)21-19(13-24)18-12-16(7-8-20(18)22-21)28(25,26)23-9-5-3-4-6-10-23/h7-8,11-13,22H,3-6,9-10H2,1-2H3. The fourth-order valence-corrected chi connectivity index (χ4v) is 6.47. The van der Waals surface area contributed by atoms with E-state index < -0.39 is 10.0 Å². The van der Waals surface area contributed by atoms with Crippen molar-refractivity contribution in [3.63, 3.8) is 0 Å². The van der Waals surface area contributed by atoms with Crippen molar-refractivity contribution in [2.45, 2.75) is 44.4 Å². The van der Waals surface area contributed by atoms with E-state index in [4.69, 9.17) is 0 Å². The van der Waals surface area contributed by atoms with Gasteiger partial charge in [-0.15, -0.1) is 11.3 Å². The first-order valence-corrected chi connectivity index (χ1v) is 11.9. The van der Waals surface area contributed by atoms with E-state index in [1.807, 2.05) is 13.8 Å². The highest BCUT2D eigenvalue weighted by molar-refractivity contribution is 7.89. The van der Waals surface area contributed by atoms with Crippen LogP contribution in [0.4, 0.5) is 0 Å². The van der Waals surface area contributed by atoms with Crippen LogP contribution in [0.15, 0.2) is 29.2 Å². The van der Waals surface area contributed by atoms with Gasteiger partial charge in [0.1, 0.15) is 0 Å². The van der Waals surface area contributed by atoms with Crippen molar-refractivity contribution in [3.8, 4) is 11.3 Å². The minimum Gasteiger partial charge on any atom is -0.354 e. The molecule has 0 atom stereocenters. The Bertz CT molecular complexity index is 1130. The first kappa shape index (κ1) is 19.4. The number of carbonyl (C=O) groups excluding carboxylic acids is 1. The first-order valence-electron chi connectivity index (χ1n) is 9.60. The van der Waals surface area contributed by atoms with Gasteiger partial charge in [-0.1, -0.05) is 12.8 Å². The number of benzene rings is 1. The van der Waals surface area contributed by atoms with Crippen LogP contribution in [0.25, 0.3) is 22.2 Å². The molecule has 1 saturated heterocycles. The van der Waals surface area contributed by atoms with E-state index >= 15 is 0 Å². The number of aryl methyl sites for hydroxylation is 2. The topological polar surface area (TPSA) is 70.2 Å². The maximum atomic E-state index is 13.1. The van der Waals surface area contributed by atoms with Crippen LogP contribution in [-0.4, -0.2) is 37.1 Å². The predicted octanol–water partition coefficient (Wildman–Crippen LogP) is 4.89. The smallest absolute Gasteiger partial charge is 0.243 e. The van der Waals surface area contributed by atoms with Gasteiger partial charge in [0.2, 0.25) is 10.0 Å². The zero-order chi connectivity index (χ0) is 19.9. The van der Waals surface area contributed by atoms with Crippen LogP contribution < -0.4 is 0 Å². The van der Waals surface area contributed by atoms with Gasteiger partial charge in [-0.2, -0.15) is 4.31 Å². The van der Waals surface area contributed by atoms with Gasteiger partial charge in [0, 0.05) is 44.9 Å². The SMILES string of the molecule is Cc1cc(-c2[nH]c3ccc(S(=O)(=O)N4CCCCCC4)cc3c2C=O)c(C)s1. The average Bonchev–Trinajstić information content (AvgIpc) is 3.05. The molecule has 3 heterocycles. The number of carbonyl (C=O) groups is 1. The fraction of sp³-hybridized carbons (Fsp3) is 0.381. The third-order valence-corrected chi connectivity index (χ3v) is 8.30. The van der Waals surface area contributed by atoms with E-state index in [9.17, 15) is 13.2 Å². The molecule has 28 heavy (non-hydrogen) atoms. The number of nitrogens with one attached hydrogen (secondary N) is 1. The summed E-state index contributed by atoms with van der Waals surface area (Å²) >= 11 is 1.68. The molecule has 0 amide bonds. The maximum Gasteiger partial charge on any atom is 0.243 e. The maximum absolute atomic E-state index is 13.1. The Labute approximate surface area is 169 Å². The molecule has 1 aliphatic heterocycles. The number of fused-ring (bicyclic) bond motifs is 1. The van der Waals surface area contributed by atoms with Gasteiger partial charge < -0.3 is 4.98 Å². The highest BCUT2D eigenvalue weighted by Crippen LogP contribution is 2.36. The summed E-state index contributed by atoms with van der Waals surface area (Å²) < 4.78 is 27.9. The summed E-state index contributed by atoms with van der Waals surface area (Å²) in [5.74, 6) is 0. The number of H-pyrrole nitrogens is 1. The predicted molar refractivity (Wildman–Crippen MR) is 114 cm³/mol. The summed E-state index contributed by atoms with van der Waals surface area (Å²) in [6, 6.07) is 7.12. The van der Waals surface area contributed by atoms with Crippen molar-refractivity contribution in [2.75, 3.05) is 13.1 Å². The second kappa shape index (κ2) is 7.46. The molecule has 0 unspecified atom stereocenters. The van der Waals surface area contributed by atoms with Crippen LogP contribution in [0.2, 0.25) is 0 Å². The van der Waals surface area contributed by atoms with E-state index in [1.165, 1.54) is 4.88 Å². The highest BCUT2D eigenvalue weighted by atomic mass is 32.2. The van der Waals surface area contributed by atoms with E-state index in [2.05, 4.69) is 11.1 Å². The van der Waals surface area contributed by atoms with Crippen LogP contribution in [0.1, 0.15) is 45.8 Å². The molecule has 1 N–H and O–H groups in total. The molecule has 3 aromatic rings. The molecule has 0 radical (unpaired) electrons. The summed E-state index contributed by atoms with van der Waals surface area (Å²) in [6.07, 6.45) is 4.75. The van der Waals surface area contributed by atoms with Crippen LogP contribution in [-0.2, 0) is 10.0 Å². The average molecular weight is 417 g/mol. The Hall–Kier alpha value is -1.96. The monoisotopic (exact) mass is 416 g/mol. The Kier molecular flexibility index (Phi) is 5.16. The Morgan fingerprint density at radius 3 is 2.39 bits per heavy atom. The van der Waals surface area contributed by atoms with Crippen molar-refractivity contribution in [1.29, 1.82) is 0 Å². The number of rotatable bonds is 4. The molecular formula is C21H24N2O3S2. The molecule has 1 fully saturated rings. The number of nitrogens with zero attached hydrogens (tertiary/aromatic N) is 1. The Balaban J connectivity index is 1.83. The second-order valence-electron chi connectivity index (χ2n) is 7.38. The third kappa shape index (κ3) is 3.32. The molecule has 0 saturated carbocycles. The summed E-state index contributed by atoms with van der Waals surface area (Å²) in [7, 11) is -3.56. The largest absolute Gasteiger partial charge is 0.354 e. The van der Waals surface area contributed by atoms with Gasteiger partial charge >= 0.3 is 0 Å². The number of thiophene rings is 1. The molecule has 1 aromatic carbocycles. The number of aromatic nitrogens is 1. The molecule has 1 aliphatic rings. The zero-order valence-electron chi connectivity index (χ0n) is 16.1. The quantitative estimate of drug-likeness (QED) is 0.616. The molecule has 0 bridgehead atoms. The van der Waals surface area contributed by atoms with E-state index in [0.29, 0.717) is 24.0 Å². The lowest BCUT2D eigenvalue weighted by Gasteiger charge is -2.20. The number of hydrogen-bond acceptors (Lipinski definition) is 4. The molecule has 2 aromatic heterocycles. The molecule has 7 heteroatoms. The molecule has 0 spiro atoms. The van der Waals surface area contributed by atoms with Crippen LogP contribution in [0, 0.1) is 13.8 Å². The van der Waals surface area contributed by atoms with E-state index in [1.54, 1.807) is 33.8 Å².